The molecule has 0 saturated carbocycles. The van der Waals surface area contributed by atoms with Gasteiger partial charge >= 0.3 is 0 Å². The van der Waals surface area contributed by atoms with Gasteiger partial charge in [-0.25, -0.2) is 4.98 Å². The molecule has 0 spiro atoms. The molecule has 1 aromatic rings. The van der Waals surface area contributed by atoms with Crippen molar-refractivity contribution in [2.24, 2.45) is 7.05 Å². The first-order valence-electron chi connectivity index (χ1n) is 6.08. The number of thioether (sulfide) groups is 1. The van der Waals surface area contributed by atoms with Crippen LogP contribution < -0.4 is 5.32 Å². The van der Waals surface area contributed by atoms with Crippen LogP contribution in [0.5, 0.6) is 0 Å². The fraction of sp³-hybridized carbons (Fsp3) is 0.667. The Hall–Kier alpha value is -1.01. The molecular formula is C12H21N3O2S. The first kappa shape index (κ1) is 15.0. The second kappa shape index (κ2) is 6.80. The highest BCUT2D eigenvalue weighted by molar-refractivity contribution is 8.00. The van der Waals surface area contributed by atoms with E-state index < -0.39 is 0 Å². The molecule has 1 amide bonds. The monoisotopic (exact) mass is 271 g/mol. The van der Waals surface area contributed by atoms with Gasteiger partial charge in [-0.2, -0.15) is 0 Å². The summed E-state index contributed by atoms with van der Waals surface area (Å²) in [5, 5.41) is 12.6. The molecule has 0 fully saturated rings. The smallest absolute Gasteiger partial charge is 0.233 e. The van der Waals surface area contributed by atoms with Gasteiger partial charge in [0.1, 0.15) is 0 Å². The summed E-state index contributed by atoms with van der Waals surface area (Å²) >= 11 is 1.40. The van der Waals surface area contributed by atoms with E-state index in [4.69, 9.17) is 5.11 Å². The summed E-state index contributed by atoms with van der Waals surface area (Å²) in [5.74, 6) is 0.0166. The molecule has 0 aliphatic rings. The lowest BCUT2D eigenvalue weighted by atomic mass is 10.2. The van der Waals surface area contributed by atoms with Gasteiger partial charge in [-0.15, -0.1) is 0 Å². The van der Waals surface area contributed by atoms with E-state index in [0.717, 1.165) is 17.3 Å². The Labute approximate surface area is 112 Å². The molecule has 2 N–H and O–H groups in total. The van der Waals surface area contributed by atoms with Crippen molar-refractivity contribution in [1.29, 1.82) is 0 Å². The minimum Gasteiger partial charge on any atom is -0.390 e. The van der Waals surface area contributed by atoms with Gasteiger partial charge in [0.15, 0.2) is 5.16 Å². The molecule has 2 atom stereocenters. The lowest BCUT2D eigenvalue weighted by molar-refractivity contribution is -0.120. The van der Waals surface area contributed by atoms with Gasteiger partial charge in [0, 0.05) is 13.1 Å². The summed E-state index contributed by atoms with van der Waals surface area (Å²) in [5.41, 5.74) is 0.743. The van der Waals surface area contributed by atoms with Crippen LogP contribution >= 0.6 is 11.8 Å². The normalized spacial score (nSPS) is 14.3. The zero-order valence-electron chi connectivity index (χ0n) is 11.3. The van der Waals surface area contributed by atoms with Gasteiger partial charge in [0.05, 0.1) is 23.7 Å². The maximum absolute atomic E-state index is 11.9. The average Bonchev–Trinajstić information content (AvgIpc) is 2.70. The molecule has 1 rings (SSSR count). The number of hydrogen-bond donors (Lipinski definition) is 2. The predicted molar refractivity (Wildman–Crippen MR) is 72.3 cm³/mol. The van der Waals surface area contributed by atoms with Crippen molar-refractivity contribution >= 4 is 17.7 Å². The standard InChI is InChI=1S/C12H21N3O2S/c1-5-8(2)14-11(17)9(3)18-12-13-6-10(7-16)15(12)4/h6,8-9,16H,5,7H2,1-4H3,(H,14,17). The predicted octanol–water partition coefficient (Wildman–Crippen LogP) is 1.31. The quantitative estimate of drug-likeness (QED) is 0.766. The Morgan fingerprint density at radius 2 is 2.28 bits per heavy atom. The van der Waals surface area contributed by atoms with Crippen molar-refractivity contribution in [3.8, 4) is 0 Å². The molecule has 1 aromatic heterocycles. The van der Waals surface area contributed by atoms with Gasteiger partial charge in [0.25, 0.3) is 0 Å². The number of rotatable bonds is 6. The summed E-state index contributed by atoms with van der Waals surface area (Å²) in [7, 11) is 1.83. The number of nitrogens with zero attached hydrogens (tertiary/aromatic N) is 2. The Bertz CT molecular complexity index is 406. The molecule has 1 heterocycles. The maximum atomic E-state index is 11.9. The van der Waals surface area contributed by atoms with E-state index in [1.807, 2.05) is 27.8 Å². The number of carbonyl (C=O) groups is 1. The van der Waals surface area contributed by atoms with Crippen LogP contribution in [0.15, 0.2) is 11.4 Å². The van der Waals surface area contributed by atoms with Crippen molar-refractivity contribution in [3.63, 3.8) is 0 Å². The molecule has 0 aliphatic carbocycles. The minimum absolute atomic E-state index is 0.0166. The second-order valence-electron chi connectivity index (χ2n) is 4.33. The van der Waals surface area contributed by atoms with E-state index in [1.165, 1.54) is 11.8 Å². The van der Waals surface area contributed by atoms with Gasteiger partial charge < -0.3 is 15.0 Å². The second-order valence-corrected chi connectivity index (χ2v) is 5.64. The van der Waals surface area contributed by atoms with Crippen molar-refractivity contribution in [2.75, 3.05) is 0 Å². The SMILES string of the molecule is CCC(C)NC(=O)C(C)Sc1ncc(CO)n1C. The van der Waals surface area contributed by atoms with Crippen LogP contribution in [-0.2, 0) is 18.4 Å². The van der Waals surface area contributed by atoms with Crippen LogP contribution in [0.4, 0.5) is 0 Å². The van der Waals surface area contributed by atoms with Gasteiger partial charge in [0.2, 0.25) is 5.91 Å². The molecule has 5 nitrogen and oxygen atoms in total. The molecule has 6 heteroatoms. The summed E-state index contributed by atoms with van der Waals surface area (Å²) in [4.78, 5) is 16.1. The molecule has 0 saturated heterocycles. The Morgan fingerprint density at radius 3 is 2.78 bits per heavy atom. The van der Waals surface area contributed by atoms with E-state index in [2.05, 4.69) is 10.3 Å². The topological polar surface area (TPSA) is 67.2 Å². The number of hydrogen-bond acceptors (Lipinski definition) is 4. The maximum Gasteiger partial charge on any atom is 0.233 e. The number of aromatic nitrogens is 2. The van der Waals surface area contributed by atoms with E-state index >= 15 is 0 Å². The van der Waals surface area contributed by atoms with Crippen LogP contribution in [0.2, 0.25) is 0 Å². The van der Waals surface area contributed by atoms with Crippen LogP contribution in [0, 0.1) is 0 Å². The highest BCUT2D eigenvalue weighted by Crippen LogP contribution is 2.22. The van der Waals surface area contributed by atoms with Crippen LogP contribution in [-0.4, -0.2) is 31.9 Å². The molecular weight excluding hydrogens is 250 g/mol. The van der Waals surface area contributed by atoms with Crippen LogP contribution in [0.1, 0.15) is 32.9 Å². The number of aliphatic hydroxyl groups excluding tert-OH is 1. The lowest BCUT2D eigenvalue weighted by Crippen LogP contribution is -2.37. The van der Waals surface area contributed by atoms with E-state index in [9.17, 15) is 4.79 Å². The fourth-order valence-corrected chi connectivity index (χ4v) is 2.24. The zero-order chi connectivity index (χ0) is 13.7. The number of imidazole rings is 1. The van der Waals surface area contributed by atoms with Gasteiger partial charge in [-0.05, 0) is 20.3 Å². The highest BCUT2D eigenvalue weighted by atomic mass is 32.2. The third-order valence-electron chi connectivity index (χ3n) is 2.86. The molecule has 102 valence electrons. The largest absolute Gasteiger partial charge is 0.390 e. The molecule has 0 aromatic carbocycles. The zero-order valence-corrected chi connectivity index (χ0v) is 12.1. The minimum atomic E-state index is -0.202. The van der Waals surface area contributed by atoms with Gasteiger partial charge in [-0.3, -0.25) is 4.79 Å². The average molecular weight is 271 g/mol. The third kappa shape index (κ3) is 3.74. The van der Waals surface area contributed by atoms with Crippen molar-refractivity contribution in [2.45, 2.75) is 50.2 Å². The highest BCUT2D eigenvalue weighted by Gasteiger charge is 2.18. The molecule has 18 heavy (non-hydrogen) atoms. The Morgan fingerprint density at radius 1 is 1.61 bits per heavy atom. The first-order valence-corrected chi connectivity index (χ1v) is 6.96. The summed E-state index contributed by atoms with van der Waals surface area (Å²) in [6.45, 7) is 5.84. The van der Waals surface area contributed by atoms with Gasteiger partial charge in [-0.1, -0.05) is 18.7 Å². The summed E-state index contributed by atoms with van der Waals surface area (Å²) < 4.78 is 1.80. The molecule has 0 aliphatic heterocycles. The Balaban J connectivity index is 2.61. The number of carbonyl (C=O) groups excluding carboxylic acids is 1. The number of amides is 1. The van der Waals surface area contributed by atoms with E-state index in [-0.39, 0.29) is 23.8 Å². The number of nitrogens with one attached hydrogen (secondary N) is 1. The van der Waals surface area contributed by atoms with Crippen LogP contribution in [0.3, 0.4) is 0 Å². The van der Waals surface area contributed by atoms with Crippen molar-refractivity contribution in [3.05, 3.63) is 11.9 Å². The van der Waals surface area contributed by atoms with E-state index in [0.29, 0.717) is 0 Å². The van der Waals surface area contributed by atoms with Crippen molar-refractivity contribution < 1.29 is 9.90 Å². The fourth-order valence-electron chi connectivity index (χ4n) is 1.36. The van der Waals surface area contributed by atoms with Crippen LogP contribution in [0.25, 0.3) is 0 Å². The molecule has 0 radical (unpaired) electrons. The summed E-state index contributed by atoms with van der Waals surface area (Å²) in [6.07, 6.45) is 2.54. The third-order valence-corrected chi connectivity index (χ3v) is 4.01. The van der Waals surface area contributed by atoms with Crippen molar-refractivity contribution in [1.82, 2.24) is 14.9 Å². The number of aliphatic hydroxyl groups is 1. The molecule has 2 unspecified atom stereocenters. The Kier molecular flexibility index (Phi) is 5.68. The first-order chi connectivity index (χ1) is 8.49. The summed E-state index contributed by atoms with van der Waals surface area (Å²) in [6, 6.07) is 0.190. The molecule has 0 bridgehead atoms. The lowest BCUT2D eigenvalue weighted by Gasteiger charge is -2.15. The van der Waals surface area contributed by atoms with E-state index in [1.54, 1.807) is 10.8 Å².